The first kappa shape index (κ1) is 16.7. The van der Waals surface area contributed by atoms with Crippen LogP contribution in [0.5, 0.6) is 0 Å². The van der Waals surface area contributed by atoms with Gasteiger partial charge in [-0.15, -0.1) is 0 Å². The number of rotatable bonds is 7. The molecule has 5 nitrogen and oxygen atoms in total. The summed E-state index contributed by atoms with van der Waals surface area (Å²) < 4.78 is 5.56. The predicted molar refractivity (Wildman–Crippen MR) is 83.9 cm³/mol. The van der Waals surface area contributed by atoms with Gasteiger partial charge >= 0.3 is 0 Å². The molecule has 0 amide bonds. The van der Waals surface area contributed by atoms with Crippen LogP contribution in [0, 0.1) is 5.92 Å². The smallest absolute Gasteiger partial charge is 0.138 e. The molecule has 0 radical (unpaired) electrons. The highest BCUT2D eigenvalue weighted by atomic mass is 16.5. The highest BCUT2D eigenvalue weighted by molar-refractivity contribution is 5.45. The zero-order valence-corrected chi connectivity index (χ0v) is 13.4. The fourth-order valence-electron chi connectivity index (χ4n) is 1.56. The standard InChI is InChI=1S/C15H28N4O/c1-11(2)6-8-20-9-7-17-13-10-12(16)18-14(19-13)15(3,4)5/h10-11H,6-9H2,1-5H3,(H3,16,17,18,19). The second-order valence-electron chi connectivity index (χ2n) is 6.47. The number of aromatic nitrogens is 2. The van der Waals surface area contributed by atoms with Crippen molar-refractivity contribution in [1.29, 1.82) is 0 Å². The summed E-state index contributed by atoms with van der Waals surface area (Å²) in [6, 6.07) is 1.75. The van der Waals surface area contributed by atoms with Crippen LogP contribution in [0.25, 0.3) is 0 Å². The van der Waals surface area contributed by atoms with Crippen molar-refractivity contribution < 1.29 is 4.74 Å². The van der Waals surface area contributed by atoms with E-state index < -0.39 is 0 Å². The third-order valence-electron chi connectivity index (χ3n) is 2.81. The molecule has 3 N–H and O–H groups in total. The molecule has 0 aliphatic carbocycles. The van der Waals surface area contributed by atoms with Crippen LogP contribution < -0.4 is 11.1 Å². The Morgan fingerprint density at radius 1 is 1.25 bits per heavy atom. The maximum Gasteiger partial charge on any atom is 0.138 e. The quantitative estimate of drug-likeness (QED) is 0.751. The summed E-state index contributed by atoms with van der Waals surface area (Å²) in [4.78, 5) is 8.77. The maximum atomic E-state index is 5.82. The lowest BCUT2D eigenvalue weighted by Crippen LogP contribution is -2.19. The van der Waals surface area contributed by atoms with Crippen molar-refractivity contribution in [3.05, 3.63) is 11.9 Å². The number of hydrogen-bond acceptors (Lipinski definition) is 5. The number of nitrogens with one attached hydrogen (secondary N) is 1. The molecule has 0 aliphatic heterocycles. The van der Waals surface area contributed by atoms with Crippen LogP contribution in [0.3, 0.4) is 0 Å². The van der Waals surface area contributed by atoms with Gasteiger partial charge in [0, 0.05) is 24.6 Å². The highest BCUT2D eigenvalue weighted by Crippen LogP contribution is 2.20. The van der Waals surface area contributed by atoms with E-state index in [4.69, 9.17) is 10.5 Å². The lowest BCUT2D eigenvalue weighted by atomic mass is 9.96. The summed E-state index contributed by atoms with van der Waals surface area (Å²) in [5.41, 5.74) is 5.71. The van der Waals surface area contributed by atoms with Crippen LogP contribution in [-0.4, -0.2) is 29.7 Å². The minimum Gasteiger partial charge on any atom is -0.384 e. The monoisotopic (exact) mass is 280 g/mol. The van der Waals surface area contributed by atoms with Crippen molar-refractivity contribution in [2.24, 2.45) is 5.92 Å². The SMILES string of the molecule is CC(C)CCOCCNc1cc(N)nc(C(C)(C)C)n1. The van der Waals surface area contributed by atoms with Crippen molar-refractivity contribution in [1.82, 2.24) is 9.97 Å². The van der Waals surface area contributed by atoms with Crippen molar-refractivity contribution in [2.45, 2.75) is 46.5 Å². The van der Waals surface area contributed by atoms with Gasteiger partial charge in [-0.1, -0.05) is 34.6 Å². The number of nitrogens with zero attached hydrogens (tertiary/aromatic N) is 2. The van der Waals surface area contributed by atoms with Gasteiger partial charge in [-0.3, -0.25) is 0 Å². The highest BCUT2D eigenvalue weighted by Gasteiger charge is 2.18. The molecule has 114 valence electrons. The van der Waals surface area contributed by atoms with E-state index in [1.807, 2.05) is 0 Å². The Labute approximate surface area is 122 Å². The molecule has 0 unspecified atom stereocenters. The van der Waals surface area contributed by atoms with Crippen LogP contribution in [0.2, 0.25) is 0 Å². The van der Waals surface area contributed by atoms with E-state index in [1.54, 1.807) is 6.07 Å². The molecule has 5 heteroatoms. The molecule has 1 aromatic heterocycles. The average Bonchev–Trinajstić information content (AvgIpc) is 2.31. The van der Waals surface area contributed by atoms with Gasteiger partial charge in [-0.25, -0.2) is 9.97 Å². The summed E-state index contributed by atoms with van der Waals surface area (Å²) in [6.07, 6.45) is 1.09. The van der Waals surface area contributed by atoms with Gasteiger partial charge in [0.15, 0.2) is 0 Å². The largest absolute Gasteiger partial charge is 0.384 e. The van der Waals surface area contributed by atoms with E-state index in [9.17, 15) is 0 Å². The average molecular weight is 280 g/mol. The van der Waals surface area contributed by atoms with Gasteiger partial charge in [-0.2, -0.15) is 0 Å². The van der Waals surface area contributed by atoms with Gasteiger partial charge < -0.3 is 15.8 Å². The normalized spacial score (nSPS) is 11.9. The van der Waals surface area contributed by atoms with Crippen molar-refractivity contribution in [3.63, 3.8) is 0 Å². The van der Waals surface area contributed by atoms with Gasteiger partial charge in [-0.05, 0) is 12.3 Å². The number of anilines is 2. The second-order valence-corrected chi connectivity index (χ2v) is 6.47. The second kappa shape index (κ2) is 7.43. The summed E-state index contributed by atoms with van der Waals surface area (Å²) in [5, 5.41) is 3.23. The molecule has 0 aliphatic rings. The van der Waals surface area contributed by atoms with Crippen molar-refractivity contribution in [3.8, 4) is 0 Å². The number of nitrogens with two attached hydrogens (primary N) is 1. The minimum absolute atomic E-state index is 0.112. The number of ether oxygens (including phenoxy) is 1. The summed E-state index contributed by atoms with van der Waals surface area (Å²) in [7, 11) is 0. The molecule has 0 spiro atoms. The topological polar surface area (TPSA) is 73.1 Å². The summed E-state index contributed by atoms with van der Waals surface area (Å²) >= 11 is 0. The van der Waals surface area contributed by atoms with Gasteiger partial charge in [0.25, 0.3) is 0 Å². The van der Waals surface area contributed by atoms with Crippen LogP contribution in [0.4, 0.5) is 11.6 Å². The van der Waals surface area contributed by atoms with E-state index in [1.165, 1.54) is 0 Å². The third kappa shape index (κ3) is 6.19. The number of nitrogen functional groups attached to an aromatic ring is 1. The molecule has 1 rings (SSSR count). The fourth-order valence-corrected chi connectivity index (χ4v) is 1.56. The molecule has 0 saturated heterocycles. The maximum absolute atomic E-state index is 5.82. The van der Waals surface area contributed by atoms with E-state index in [-0.39, 0.29) is 5.41 Å². The van der Waals surface area contributed by atoms with E-state index >= 15 is 0 Å². The van der Waals surface area contributed by atoms with Crippen LogP contribution in [0.1, 0.15) is 46.9 Å². The first-order valence-electron chi connectivity index (χ1n) is 7.25. The van der Waals surface area contributed by atoms with Gasteiger partial charge in [0.05, 0.1) is 6.61 Å². The molecule has 0 saturated carbocycles. The van der Waals surface area contributed by atoms with Crippen LogP contribution >= 0.6 is 0 Å². The van der Waals surface area contributed by atoms with E-state index in [0.29, 0.717) is 18.3 Å². The van der Waals surface area contributed by atoms with Crippen LogP contribution in [0.15, 0.2) is 6.07 Å². The molecule has 0 fully saturated rings. The first-order chi connectivity index (χ1) is 9.29. The van der Waals surface area contributed by atoms with Crippen molar-refractivity contribution >= 4 is 11.6 Å². The summed E-state index contributed by atoms with van der Waals surface area (Å²) in [5.74, 6) is 2.68. The molecule has 20 heavy (non-hydrogen) atoms. The predicted octanol–water partition coefficient (Wildman–Crippen LogP) is 2.83. The number of hydrogen-bond donors (Lipinski definition) is 2. The Morgan fingerprint density at radius 3 is 2.55 bits per heavy atom. The Hall–Kier alpha value is -1.36. The molecule has 0 bridgehead atoms. The van der Waals surface area contributed by atoms with Crippen LogP contribution in [-0.2, 0) is 10.2 Å². The minimum atomic E-state index is -0.112. The molecular weight excluding hydrogens is 252 g/mol. The molecule has 0 aromatic carbocycles. The lowest BCUT2D eigenvalue weighted by molar-refractivity contribution is 0.132. The zero-order valence-electron chi connectivity index (χ0n) is 13.4. The lowest BCUT2D eigenvalue weighted by Gasteiger charge is -2.18. The van der Waals surface area contributed by atoms with Gasteiger partial charge in [0.2, 0.25) is 0 Å². The Morgan fingerprint density at radius 2 is 1.95 bits per heavy atom. The van der Waals surface area contributed by atoms with Gasteiger partial charge in [0.1, 0.15) is 17.5 Å². The van der Waals surface area contributed by atoms with E-state index in [0.717, 1.165) is 31.2 Å². The molecule has 0 atom stereocenters. The summed E-state index contributed by atoms with van der Waals surface area (Å²) in [6.45, 7) is 12.8. The molecular formula is C15H28N4O. The Balaban J connectivity index is 2.42. The van der Waals surface area contributed by atoms with E-state index in [2.05, 4.69) is 49.9 Å². The van der Waals surface area contributed by atoms with Crippen molar-refractivity contribution in [2.75, 3.05) is 30.8 Å². The Kier molecular flexibility index (Phi) is 6.20. The molecule has 1 heterocycles. The Bertz CT molecular complexity index is 413. The first-order valence-corrected chi connectivity index (χ1v) is 7.25. The molecule has 1 aromatic rings. The third-order valence-corrected chi connectivity index (χ3v) is 2.81. The fraction of sp³-hybridized carbons (Fsp3) is 0.733. The zero-order chi connectivity index (χ0) is 15.2.